The minimum absolute atomic E-state index is 0.0275. The molecule has 0 fully saturated rings. The molecule has 14 heteroatoms. The second-order valence-corrected chi connectivity index (χ2v) is 10.7. The summed E-state index contributed by atoms with van der Waals surface area (Å²) in [5.41, 5.74) is -0.631. The molecule has 232 valence electrons. The smallest absolute Gasteiger partial charge is 0.408 e. The predicted octanol–water partition coefficient (Wildman–Crippen LogP) is 3.66. The standard InChI is InChI=1S/C29H38N6O8/c1-6-35(7-2)18-12-11-17-14-19(25(39)42-22(17)15-18)21-16-23(36)33-26(31-21)34-27(40)30-13-9-8-10-20(24(37)38)32-28(41)43-29(3,4)5/h11-12,14-16,20H,6-10,13H2,1-5H3,(H,32,41)(H,37,38)(H3,30,31,33,34,36,40). The molecule has 0 saturated carbocycles. The number of ether oxygens (including phenoxy) is 1. The fourth-order valence-electron chi connectivity index (χ4n) is 4.25. The number of hydrogen-bond donors (Lipinski definition) is 5. The molecule has 14 nitrogen and oxygen atoms in total. The number of unbranched alkanes of at least 4 members (excludes halogenated alkanes) is 1. The minimum atomic E-state index is -1.20. The minimum Gasteiger partial charge on any atom is -0.480 e. The average Bonchev–Trinajstić information content (AvgIpc) is 2.91. The van der Waals surface area contributed by atoms with E-state index in [0.29, 0.717) is 23.8 Å². The predicted molar refractivity (Wildman–Crippen MR) is 162 cm³/mol. The Morgan fingerprint density at radius 2 is 1.81 bits per heavy atom. The van der Waals surface area contributed by atoms with E-state index in [1.54, 1.807) is 32.9 Å². The van der Waals surface area contributed by atoms with E-state index in [1.807, 2.05) is 26.0 Å². The highest BCUT2D eigenvalue weighted by Crippen LogP contribution is 2.24. The molecule has 3 aromatic rings. The van der Waals surface area contributed by atoms with Gasteiger partial charge in [0.1, 0.15) is 17.2 Å². The molecule has 1 unspecified atom stereocenters. The maximum Gasteiger partial charge on any atom is 0.408 e. The number of nitrogens with zero attached hydrogens (tertiary/aromatic N) is 2. The van der Waals surface area contributed by atoms with Crippen LogP contribution in [0.5, 0.6) is 0 Å². The number of alkyl carbamates (subject to hydrolysis) is 1. The SMILES string of the molecule is CCN(CC)c1ccc2cc(-c3cc(=O)[nH]c(NC(=O)NCCCCC(NC(=O)OC(C)(C)C)C(=O)O)n3)c(=O)oc2c1. The van der Waals surface area contributed by atoms with Gasteiger partial charge >= 0.3 is 23.7 Å². The van der Waals surface area contributed by atoms with Gasteiger partial charge in [-0.1, -0.05) is 0 Å². The highest BCUT2D eigenvalue weighted by molar-refractivity contribution is 5.88. The van der Waals surface area contributed by atoms with Crippen LogP contribution in [0, 0.1) is 0 Å². The summed E-state index contributed by atoms with van der Waals surface area (Å²) in [5.74, 6) is -1.37. The molecule has 0 radical (unpaired) electrons. The second-order valence-electron chi connectivity index (χ2n) is 10.7. The Morgan fingerprint density at radius 1 is 1.09 bits per heavy atom. The van der Waals surface area contributed by atoms with Gasteiger partial charge in [-0.3, -0.25) is 15.1 Å². The number of carboxylic acids is 1. The number of hydrogen-bond acceptors (Lipinski definition) is 9. The quantitative estimate of drug-likeness (QED) is 0.152. The van der Waals surface area contributed by atoms with Crippen molar-refractivity contribution in [2.45, 2.75) is 65.5 Å². The van der Waals surface area contributed by atoms with Crippen molar-refractivity contribution in [3.8, 4) is 11.3 Å². The van der Waals surface area contributed by atoms with Crippen LogP contribution >= 0.6 is 0 Å². The van der Waals surface area contributed by atoms with Crippen LogP contribution in [0.1, 0.15) is 53.9 Å². The van der Waals surface area contributed by atoms with Gasteiger partial charge in [-0.05, 0) is 72.1 Å². The Labute approximate surface area is 247 Å². The van der Waals surface area contributed by atoms with Gasteiger partial charge in [0, 0.05) is 42.8 Å². The van der Waals surface area contributed by atoms with Crippen molar-refractivity contribution in [2.24, 2.45) is 0 Å². The molecule has 0 saturated heterocycles. The number of nitrogens with one attached hydrogen (secondary N) is 4. The molecule has 5 N–H and O–H groups in total. The first-order valence-corrected chi connectivity index (χ1v) is 14.0. The summed E-state index contributed by atoms with van der Waals surface area (Å²) < 4.78 is 10.6. The van der Waals surface area contributed by atoms with E-state index in [2.05, 4.69) is 30.8 Å². The number of rotatable bonds is 12. The van der Waals surface area contributed by atoms with Gasteiger partial charge in [0.15, 0.2) is 0 Å². The molecular formula is C29H38N6O8. The van der Waals surface area contributed by atoms with Crippen LogP contribution in [0.3, 0.4) is 0 Å². The number of H-pyrrole nitrogens is 1. The summed E-state index contributed by atoms with van der Waals surface area (Å²) in [7, 11) is 0. The molecule has 1 aromatic carbocycles. The number of anilines is 2. The molecule has 43 heavy (non-hydrogen) atoms. The molecule has 0 aliphatic heterocycles. The number of aromatic nitrogens is 2. The summed E-state index contributed by atoms with van der Waals surface area (Å²) in [5, 5.41) is 17.3. The van der Waals surface area contributed by atoms with Gasteiger partial charge in [-0.25, -0.2) is 24.2 Å². The normalized spacial score (nSPS) is 11.9. The first kappa shape index (κ1) is 32.6. The number of carboxylic acid groups (broad SMARTS) is 1. The highest BCUT2D eigenvalue weighted by Gasteiger charge is 2.23. The summed E-state index contributed by atoms with van der Waals surface area (Å²) in [4.78, 5) is 69.6. The van der Waals surface area contributed by atoms with Gasteiger partial charge in [0.2, 0.25) is 5.95 Å². The van der Waals surface area contributed by atoms with Crippen LogP contribution in [-0.2, 0) is 9.53 Å². The highest BCUT2D eigenvalue weighted by atomic mass is 16.6. The van der Waals surface area contributed by atoms with Crippen molar-refractivity contribution in [1.29, 1.82) is 0 Å². The fraction of sp³-hybridized carbons (Fsp3) is 0.448. The van der Waals surface area contributed by atoms with Crippen LogP contribution in [0.4, 0.5) is 21.2 Å². The maximum absolute atomic E-state index is 12.8. The van der Waals surface area contributed by atoms with Crippen molar-refractivity contribution in [2.75, 3.05) is 29.9 Å². The maximum atomic E-state index is 12.8. The lowest BCUT2D eigenvalue weighted by Crippen LogP contribution is -2.43. The van der Waals surface area contributed by atoms with Gasteiger partial charge < -0.3 is 29.8 Å². The molecule has 0 bridgehead atoms. The Balaban J connectivity index is 1.59. The Hall–Kier alpha value is -4.88. The van der Waals surface area contributed by atoms with Crippen LogP contribution in [0.2, 0.25) is 0 Å². The van der Waals surface area contributed by atoms with Gasteiger partial charge in [-0.2, -0.15) is 0 Å². The lowest BCUT2D eigenvalue weighted by Gasteiger charge is -2.22. The number of aliphatic carboxylic acids is 1. The Bertz CT molecular complexity index is 1570. The lowest BCUT2D eigenvalue weighted by molar-refractivity contribution is -0.139. The van der Waals surface area contributed by atoms with Crippen LogP contribution in [0.15, 0.2) is 44.3 Å². The van der Waals surface area contributed by atoms with E-state index in [-0.39, 0.29) is 30.2 Å². The van der Waals surface area contributed by atoms with E-state index >= 15 is 0 Å². The van der Waals surface area contributed by atoms with E-state index in [0.717, 1.165) is 24.8 Å². The molecular weight excluding hydrogens is 560 g/mol. The number of urea groups is 1. The third-order valence-corrected chi connectivity index (χ3v) is 6.29. The van der Waals surface area contributed by atoms with Crippen molar-refractivity contribution >= 4 is 40.7 Å². The van der Waals surface area contributed by atoms with Crippen LogP contribution in [-0.4, -0.2) is 64.4 Å². The Morgan fingerprint density at radius 3 is 2.47 bits per heavy atom. The zero-order valence-electron chi connectivity index (χ0n) is 24.9. The lowest BCUT2D eigenvalue weighted by atomic mass is 10.1. The molecule has 0 aliphatic rings. The topological polar surface area (TPSA) is 196 Å². The van der Waals surface area contributed by atoms with Crippen molar-refractivity contribution < 1.29 is 28.6 Å². The zero-order valence-corrected chi connectivity index (χ0v) is 24.9. The van der Waals surface area contributed by atoms with E-state index in [1.165, 1.54) is 0 Å². The third-order valence-electron chi connectivity index (χ3n) is 6.29. The zero-order chi connectivity index (χ0) is 31.7. The first-order chi connectivity index (χ1) is 20.3. The molecule has 0 spiro atoms. The summed E-state index contributed by atoms with van der Waals surface area (Å²) in [6, 6.07) is 6.43. The summed E-state index contributed by atoms with van der Waals surface area (Å²) in [6.45, 7) is 10.8. The van der Waals surface area contributed by atoms with E-state index in [4.69, 9.17) is 9.15 Å². The molecule has 3 rings (SSSR count). The van der Waals surface area contributed by atoms with Gasteiger partial charge in [0.05, 0.1) is 11.3 Å². The molecule has 3 amide bonds. The first-order valence-electron chi connectivity index (χ1n) is 14.0. The molecule has 2 heterocycles. The number of fused-ring (bicyclic) bond motifs is 1. The summed E-state index contributed by atoms with van der Waals surface area (Å²) in [6.07, 6.45) is 0.0868. The van der Waals surface area contributed by atoms with E-state index in [9.17, 15) is 29.1 Å². The number of carbonyl (C=O) groups is 3. The number of amides is 3. The third kappa shape index (κ3) is 9.58. The van der Waals surface area contributed by atoms with Gasteiger partial charge in [-0.15, -0.1) is 0 Å². The monoisotopic (exact) mass is 598 g/mol. The van der Waals surface area contributed by atoms with Crippen molar-refractivity contribution in [1.82, 2.24) is 20.6 Å². The fourth-order valence-corrected chi connectivity index (χ4v) is 4.25. The Kier molecular flexibility index (Phi) is 10.9. The average molecular weight is 599 g/mol. The molecule has 1 atom stereocenters. The number of benzene rings is 1. The summed E-state index contributed by atoms with van der Waals surface area (Å²) >= 11 is 0. The van der Waals surface area contributed by atoms with Crippen LogP contribution in [0.25, 0.3) is 22.2 Å². The van der Waals surface area contributed by atoms with Gasteiger partial charge in [0.25, 0.3) is 5.56 Å². The molecule has 2 aromatic heterocycles. The van der Waals surface area contributed by atoms with E-state index < -0.39 is 40.9 Å². The largest absolute Gasteiger partial charge is 0.480 e. The second kappa shape index (κ2) is 14.3. The number of carbonyl (C=O) groups excluding carboxylic acids is 2. The van der Waals surface area contributed by atoms with Crippen molar-refractivity contribution in [3.05, 3.63) is 51.1 Å². The van der Waals surface area contributed by atoms with Crippen molar-refractivity contribution in [3.63, 3.8) is 0 Å². The molecule has 0 aliphatic carbocycles. The number of aromatic amines is 1. The van der Waals surface area contributed by atoms with Crippen LogP contribution < -0.4 is 32.0 Å².